The lowest BCUT2D eigenvalue weighted by atomic mass is 10.2. The molecule has 0 aliphatic heterocycles. The fraction of sp³-hybridized carbons (Fsp3) is 0.111. The van der Waals surface area contributed by atoms with Crippen molar-refractivity contribution in [1.82, 2.24) is 0 Å². The maximum atomic E-state index is 12.1. The molecule has 124 valence electrons. The van der Waals surface area contributed by atoms with Crippen molar-refractivity contribution in [3.05, 3.63) is 59.7 Å². The van der Waals surface area contributed by atoms with Crippen molar-refractivity contribution in [2.75, 3.05) is 14.2 Å². The molecular formula is C18H16O6. The Hall–Kier alpha value is -3.28. The Bertz CT molecular complexity index is 762. The van der Waals surface area contributed by atoms with Crippen LogP contribution in [0.5, 0.6) is 17.2 Å². The van der Waals surface area contributed by atoms with Crippen LogP contribution in [0, 0.1) is 0 Å². The molecule has 2 rings (SSSR count). The third-order valence-electron chi connectivity index (χ3n) is 3.11. The van der Waals surface area contributed by atoms with Crippen LogP contribution in [0.25, 0.3) is 6.08 Å². The standard InChI is InChI=1S/C18H16O6/c1-22-16-11-12(4-10-17(20)23-2)3-9-15(16)24-18(21)13-5-7-14(19)8-6-13/h3-11,19H,1-2H3. The van der Waals surface area contributed by atoms with Crippen LogP contribution < -0.4 is 9.47 Å². The molecule has 0 radical (unpaired) electrons. The molecule has 0 unspecified atom stereocenters. The van der Waals surface area contributed by atoms with Crippen molar-refractivity contribution >= 4 is 18.0 Å². The van der Waals surface area contributed by atoms with Crippen LogP contribution in [0.4, 0.5) is 0 Å². The van der Waals surface area contributed by atoms with Gasteiger partial charge < -0.3 is 19.3 Å². The molecule has 0 bridgehead atoms. The number of carbonyl (C=O) groups excluding carboxylic acids is 2. The van der Waals surface area contributed by atoms with Gasteiger partial charge >= 0.3 is 11.9 Å². The highest BCUT2D eigenvalue weighted by Gasteiger charge is 2.12. The summed E-state index contributed by atoms with van der Waals surface area (Å²) in [6.45, 7) is 0. The average Bonchev–Trinajstić information content (AvgIpc) is 2.60. The van der Waals surface area contributed by atoms with Crippen molar-refractivity contribution in [2.45, 2.75) is 0 Å². The number of carbonyl (C=O) groups is 2. The Labute approximate surface area is 138 Å². The maximum Gasteiger partial charge on any atom is 0.343 e. The van der Waals surface area contributed by atoms with E-state index in [0.717, 1.165) is 0 Å². The highest BCUT2D eigenvalue weighted by molar-refractivity contribution is 5.91. The Morgan fingerprint density at radius 1 is 1.00 bits per heavy atom. The monoisotopic (exact) mass is 328 g/mol. The molecule has 2 aromatic carbocycles. The van der Waals surface area contributed by atoms with E-state index in [9.17, 15) is 14.7 Å². The summed E-state index contributed by atoms with van der Waals surface area (Å²) < 4.78 is 15.0. The van der Waals surface area contributed by atoms with Crippen LogP contribution >= 0.6 is 0 Å². The second-order valence-corrected chi connectivity index (χ2v) is 4.70. The summed E-state index contributed by atoms with van der Waals surface area (Å²) in [5.74, 6) is -0.409. The van der Waals surface area contributed by atoms with Gasteiger partial charge in [0, 0.05) is 6.08 Å². The predicted molar refractivity (Wildman–Crippen MR) is 87.1 cm³/mol. The van der Waals surface area contributed by atoms with Crippen LogP contribution in [0.2, 0.25) is 0 Å². The molecule has 6 heteroatoms. The first-order valence-electron chi connectivity index (χ1n) is 6.98. The van der Waals surface area contributed by atoms with E-state index in [4.69, 9.17) is 9.47 Å². The van der Waals surface area contributed by atoms with Gasteiger partial charge in [0.15, 0.2) is 11.5 Å². The maximum absolute atomic E-state index is 12.1. The Morgan fingerprint density at radius 2 is 1.71 bits per heavy atom. The molecule has 0 amide bonds. The number of rotatable bonds is 5. The quantitative estimate of drug-likeness (QED) is 0.516. The van der Waals surface area contributed by atoms with Crippen molar-refractivity contribution in [2.24, 2.45) is 0 Å². The van der Waals surface area contributed by atoms with Crippen LogP contribution in [-0.4, -0.2) is 31.3 Å². The number of aromatic hydroxyl groups is 1. The van der Waals surface area contributed by atoms with E-state index in [1.807, 2.05) is 0 Å². The van der Waals surface area contributed by atoms with Crippen LogP contribution in [0.3, 0.4) is 0 Å². The molecule has 0 saturated carbocycles. The van der Waals surface area contributed by atoms with E-state index in [1.54, 1.807) is 24.3 Å². The number of phenolic OH excluding ortho intramolecular Hbond substituents is 1. The molecule has 0 aliphatic carbocycles. The number of ether oxygens (including phenoxy) is 3. The molecule has 0 atom stereocenters. The highest BCUT2D eigenvalue weighted by atomic mass is 16.6. The first kappa shape index (κ1) is 17.1. The first-order chi connectivity index (χ1) is 11.5. The van der Waals surface area contributed by atoms with E-state index in [1.165, 1.54) is 44.6 Å². The van der Waals surface area contributed by atoms with Crippen molar-refractivity contribution in [3.8, 4) is 17.2 Å². The van der Waals surface area contributed by atoms with Gasteiger partial charge in [0.2, 0.25) is 0 Å². The molecule has 24 heavy (non-hydrogen) atoms. The fourth-order valence-corrected chi connectivity index (χ4v) is 1.86. The molecule has 0 saturated heterocycles. The summed E-state index contributed by atoms with van der Waals surface area (Å²) in [6.07, 6.45) is 2.83. The smallest absolute Gasteiger partial charge is 0.343 e. The lowest BCUT2D eigenvalue weighted by molar-refractivity contribution is -0.134. The number of hydrogen-bond acceptors (Lipinski definition) is 6. The molecule has 0 aromatic heterocycles. The van der Waals surface area contributed by atoms with E-state index in [0.29, 0.717) is 16.9 Å². The second kappa shape index (κ2) is 7.82. The highest BCUT2D eigenvalue weighted by Crippen LogP contribution is 2.29. The largest absolute Gasteiger partial charge is 0.508 e. The zero-order valence-corrected chi connectivity index (χ0v) is 13.2. The Kier molecular flexibility index (Phi) is 5.57. The van der Waals surface area contributed by atoms with Crippen molar-refractivity contribution < 1.29 is 28.9 Å². The van der Waals surface area contributed by atoms with Gasteiger partial charge in [0.1, 0.15) is 5.75 Å². The molecule has 0 spiro atoms. The normalized spacial score (nSPS) is 10.4. The van der Waals surface area contributed by atoms with Gasteiger partial charge in [0.25, 0.3) is 0 Å². The van der Waals surface area contributed by atoms with Gasteiger partial charge in [-0.1, -0.05) is 6.07 Å². The van der Waals surface area contributed by atoms with E-state index >= 15 is 0 Å². The minimum atomic E-state index is -0.578. The zero-order valence-electron chi connectivity index (χ0n) is 13.2. The summed E-state index contributed by atoms with van der Waals surface area (Å²) in [4.78, 5) is 23.2. The minimum absolute atomic E-state index is 0.0610. The van der Waals surface area contributed by atoms with Crippen LogP contribution in [-0.2, 0) is 9.53 Å². The molecule has 1 N–H and O–H groups in total. The summed E-state index contributed by atoms with van der Waals surface area (Å²) >= 11 is 0. The fourth-order valence-electron chi connectivity index (χ4n) is 1.86. The van der Waals surface area contributed by atoms with Crippen LogP contribution in [0.15, 0.2) is 48.5 Å². The lowest BCUT2D eigenvalue weighted by Crippen LogP contribution is -2.09. The Morgan fingerprint density at radius 3 is 2.33 bits per heavy atom. The van der Waals surface area contributed by atoms with Crippen LogP contribution in [0.1, 0.15) is 15.9 Å². The van der Waals surface area contributed by atoms with Gasteiger partial charge in [-0.15, -0.1) is 0 Å². The summed E-state index contributed by atoms with van der Waals surface area (Å²) in [5.41, 5.74) is 0.978. The topological polar surface area (TPSA) is 82.1 Å². The average molecular weight is 328 g/mol. The lowest BCUT2D eigenvalue weighted by Gasteiger charge is -2.10. The third kappa shape index (κ3) is 4.36. The molecule has 0 aliphatic rings. The number of benzene rings is 2. The van der Waals surface area contributed by atoms with Gasteiger partial charge in [-0.05, 0) is 48.0 Å². The minimum Gasteiger partial charge on any atom is -0.508 e. The third-order valence-corrected chi connectivity index (χ3v) is 3.11. The second-order valence-electron chi connectivity index (χ2n) is 4.70. The molecule has 6 nitrogen and oxygen atoms in total. The van der Waals surface area contributed by atoms with Gasteiger partial charge in [0.05, 0.1) is 19.8 Å². The molecule has 0 fully saturated rings. The van der Waals surface area contributed by atoms with Gasteiger partial charge in [-0.25, -0.2) is 9.59 Å². The first-order valence-corrected chi connectivity index (χ1v) is 6.98. The van der Waals surface area contributed by atoms with Gasteiger partial charge in [-0.2, -0.15) is 0 Å². The molecule has 2 aromatic rings. The van der Waals surface area contributed by atoms with E-state index < -0.39 is 11.9 Å². The van der Waals surface area contributed by atoms with Crippen molar-refractivity contribution in [3.63, 3.8) is 0 Å². The summed E-state index contributed by atoms with van der Waals surface area (Å²) in [5, 5.41) is 9.24. The van der Waals surface area contributed by atoms with Crippen molar-refractivity contribution in [1.29, 1.82) is 0 Å². The summed E-state index contributed by atoms with van der Waals surface area (Å²) in [6, 6.07) is 10.6. The molecular weight excluding hydrogens is 312 g/mol. The SMILES string of the molecule is COC(=O)C=Cc1ccc(OC(=O)c2ccc(O)cc2)c(OC)c1. The number of esters is 2. The zero-order chi connectivity index (χ0) is 17.5. The number of phenols is 1. The number of hydrogen-bond donors (Lipinski definition) is 1. The number of methoxy groups -OCH3 is 2. The van der Waals surface area contributed by atoms with E-state index in [2.05, 4.69) is 4.74 Å². The predicted octanol–water partition coefficient (Wildman–Crippen LogP) is 2.81. The Balaban J connectivity index is 2.18. The summed E-state index contributed by atoms with van der Waals surface area (Å²) in [7, 11) is 2.74. The molecule has 0 heterocycles. The van der Waals surface area contributed by atoms with Gasteiger partial charge in [-0.3, -0.25) is 0 Å². The van der Waals surface area contributed by atoms with E-state index in [-0.39, 0.29) is 11.5 Å².